The van der Waals surface area contributed by atoms with Gasteiger partial charge in [0.1, 0.15) is 0 Å². The van der Waals surface area contributed by atoms with Crippen LogP contribution in [0.5, 0.6) is 0 Å². The summed E-state index contributed by atoms with van der Waals surface area (Å²) in [6, 6.07) is 9.54. The number of hydrogen-bond acceptors (Lipinski definition) is 2. The van der Waals surface area contributed by atoms with Crippen molar-refractivity contribution in [1.29, 1.82) is 0 Å². The molecule has 3 heteroatoms. The Hall–Kier alpha value is -0.380. The summed E-state index contributed by atoms with van der Waals surface area (Å²) in [5.74, 6) is 0. The zero-order valence-corrected chi connectivity index (χ0v) is 12.2. The summed E-state index contributed by atoms with van der Waals surface area (Å²) in [6.07, 6.45) is 2.57. The molecule has 2 nitrogen and oxygen atoms in total. The highest BCUT2D eigenvalue weighted by atomic mass is 79.9. The molecule has 1 fully saturated rings. The first kappa shape index (κ1) is 13.1. The van der Waals surface area contributed by atoms with Crippen molar-refractivity contribution in [3.63, 3.8) is 0 Å². The smallest absolute Gasteiger partial charge is 0.0510 e. The Morgan fingerprint density at radius 1 is 1.41 bits per heavy atom. The third kappa shape index (κ3) is 2.72. The van der Waals surface area contributed by atoms with E-state index in [-0.39, 0.29) is 6.04 Å². The van der Waals surface area contributed by atoms with Crippen LogP contribution < -0.4 is 5.73 Å². The predicted octanol–water partition coefficient (Wildman–Crippen LogP) is 3.32. The van der Waals surface area contributed by atoms with Crippen molar-refractivity contribution in [3.05, 3.63) is 34.3 Å². The van der Waals surface area contributed by atoms with E-state index >= 15 is 0 Å². The molecule has 0 saturated carbocycles. The molecule has 1 saturated heterocycles. The van der Waals surface area contributed by atoms with Gasteiger partial charge in [0.25, 0.3) is 0 Å². The fraction of sp³-hybridized carbons (Fsp3) is 0.571. The van der Waals surface area contributed by atoms with Gasteiger partial charge in [-0.3, -0.25) is 4.90 Å². The zero-order chi connectivity index (χ0) is 12.4. The van der Waals surface area contributed by atoms with Crippen LogP contribution in [0.1, 0.15) is 38.3 Å². The molecule has 1 aromatic carbocycles. The SMILES string of the molecule is CC(N)C(c1ccccc1Br)N1CCCC1C. The van der Waals surface area contributed by atoms with E-state index in [0.29, 0.717) is 12.1 Å². The summed E-state index contributed by atoms with van der Waals surface area (Å²) in [5.41, 5.74) is 7.53. The molecule has 2 N–H and O–H groups in total. The van der Waals surface area contributed by atoms with E-state index in [0.717, 1.165) is 6.54 Å². The van der Waals surface area contributed by atoms with Crippen molar-refractivity contribution < 1.29 is 0 Å². The van der Waals surface area contributed by atoms with Gasteiger partial charge in [-0.1, -0.05) is 34.1 Å². The molecule has 2 rings (SSSR count). The number of hydrogen-bond donors (Lipinski definition) is 1. The third-order valence-corrected chi connectivity index (χ3v) is 4.41. The summed E-state index contributed by atoms with van der Waals surface area (Å²) in [6.45, 7) is 5.57. The van der Waals surface area contributed by atoms with E-state index in [9.17, 15) is 0 Å². The molecular weight excluding hydrogens is 276 g/mol. The average Bonchev–Trinajstić information content (AvgIpc) is 2.68. The van der Waals surface area contributed by atoms with Gasteiger partial charge < -0.3 is 5.73 Å². The first-order valence-corrected chi connectivity index (χ1v) is 7.16. The van der Waals surface area contributed by atoms with Gasteiger partial charge in [-0.25, -0.2) is 0 Å². The van der Waals surface area contributed by atoms with Gasteiger partial charge in [0.2, 0.25) is 0 Å². The van der Waals surface area contributed by atoms with Crippen LogP contribution >= 0.6 is 15.9 Å². The second-order valence-electron chi connectivity index (χ2n) is 5.05. The number of nitrogens with two attached hydrogens (primary N) is 1. The Labute approximate surface area is 112 Å². The van der Waals surface area contributed by atoms with Crippen LogP contribution in [0.3, 0.4) is 0 Å². The quantitative estimate of drug-likeness (QED) is 0.927. The van der Waals surface area contributed by atoms with Crippen molar-refractivity contribution in [3.8, 4) is 0 Å². The average molecular weight is 297 g/mol. The zero-order valence-electron chi connectivity index (χ0n) is 10.6. The van der Waals surface area contributed by atoms with Crippen molar-refractivity contribution in [2.24, 2.45) is 5.73 Å². The van der Waals surface area contributed by atoms with Crippen LogP contribution in [-0.2, 0) is 0 Å². The van der Waals surface area contributed by atoms with Crippen molar-refractivity contribution in [1.82, 2.24) is 4.90 Å². The molecular formula is C14H21BrN2. The molecule has 0 spiro atoms. The van der Waals surface area contributed by atoms with Crippen LogP contribution in [-0.4, -0.2) is 23.5 Å². The monoisotopic (exact) mass is 296 g/mol. The van der Waals surface area contributed by atoms with E-state index in [2.05, 4.69) is 58.9 Å². The van der Waals surface area contributed by atoms with E-state index < -0.39 is 0 Å². The largest absolute Gasteiger partial charge is 0.326 e. The van der Waals surface area contributed by atoms with Gasteiger partial charge in [-0.05, 0) is 44.9 Å². The standard InChI is InChI=1S/C14H21BrN2/c1-10-6-5-9-17(10)14(11(2)16)12-7-3-4-8-13(12)15/h3-4,7-8,10-11,14H,5-6,9,16H2,1-2H3. The maximum absolute atomic E-state index is 6.22. The molecule has 3 unspecified atom stereocenters. The molecule has 3 atom stereocenters. The van der Waals surface area contributed by atoms with Crippen LogP contribution in [0.15, 0.2) is 28.7 Å². The Balaban J connectivity index is 2.32. The first-order chi connectivity index (χ1) is 8.11. The van der Waals surface area contributed by atoms with Gasteiger partial charge in [0.15, 0.2) is 0 Å². The minimum Gasteiger partial charge on any atom is -0.326 e. The lowest BCUT2D eigenvalue weighted by Crippen LogP contribution is -2.41. The summed E-state index contributed by atoms with van der Waals surface area (Å²) in [7, 11) is 0. The Bertz CT molecular complexity index is 378. The molecule has 1 aliphatic heterocycles. The molecule has 0 radical (unpaired) electrons. The van der Waals surface area contributed by atoms with Crippen molar-refractivity contribution >= 4 is 15.9 Å². The van der Waals surface area contributed by atoms with Crippen molar-refractivity contribution in [2.45, 2.75) is 44.8 Å². The molecule has 0 bridgehead atoms. The Kier molecular flexibility index (Phi) is 4.23. The molecule has 94 valence electrons. The first-order valence-electron chi connectivity index (χ1n) is 6.37. The van der Waals surface area contributed by atoms with E-state index in [1.54, 1.807) is 0 Å². The lowest BCUT2D eigenvalue weighted by molar-refractivity contribution is 0.169. The van der Waals surface area contributed by atoms with Gasteiger partial charge >= 0.3 is 0 Å². The predicted molar refractivity (Wildman–Crippen MR) is 75.9 cm³/mol. The van der Waals surface area contributed by atoms with Crippen LogP contribution in [0.25, 0.3) is 0 Å². The van der Waals surface area contributed by atoms with E-state index in [1.807, 2.05) is 0 Å². The number of likely N-dealkylation sites (tertiary alicyclic amines) is 1. The molecule has 0 aromatic heterocycles. The van der Waals surface area contributed by atoms with Gasteiger partial charge in [0.05, 0.1) is 6.04 Å². The third-order valence-electron chi connectivity index (χ3n) is 3.68. The highest BCUT2D eigenvalue weighted by Crippen LogP contribution is 2.34. The molecule has 17 heavy (non-hydrogen) atoms. The van der Waals surface area contributed by atoms with Gasteiger partial charge in [-0.15, -0.1) is 0 Å². The summed E-state index contributed by atoms with van der Waals surface area (Å²) in [5, 5.41) is 0. The fourth-order valence-corrected chi connectivity index (χ4v) is 3.37. The number of rotatable bonds is 3. The lowest BCUT2D eigenvalue weighted by Gasteiger charge is -2.35. The summed E-state index contributed by atoms with van der Waals surface area (Å²) in [4.78, 5) is 2.55. The molecule has 1 heterocycles. The van der Waals surface area contributed by atoms with Gasteiger partial charge in [0, 0.05) is 16.6 Å². The highest BCUT2D eigenvalue weighted by Gasteiger charge is 2.31. The minimum absolute atomic E-state index is 0.147. The van der Waals surface area contributed by atoms with Crippen molar-refractivity contribution in [2.75, 3.05) is 6.54 Å². The topological polar surface area (TPSA) is 29.3 Å². The minimum atomic E-state index is 0.147. The molecule has 1 aliphatic rings. The number of halogens is 1. The van der Waals surface area contributed by atoms with Gasteiger partial charge in [-0.2, -0.15) is 0 Å². The second kappa shape index (κ2) is 5.51. The molecule has 0 amide bonds. The summed E-state index contributed by atoms with van der Waals surface area (Å²) >= 11 is 3.65. The number of benzene rings is 1. The Morgan fingerprint density at radius 3 is 2.65 bits per heavy atom. The maximum Gasteiger partial charge on any atom is 0.0510 e. The van der Waals surface area contributed by atoms with E-state index in [4.69, 9.17) is 5.73 Å². The molecule has 0 aliphatic carbocycles. The highest BCUT2D eigenvalue weighted by molar-refractivity contribution is 9.10. The Morgan fingerprint density at radius 2 is 2.12 bits per heavy atom. The van der Waals surface area contributed by atoms with E-state index in [1.165, 1.54) is 22.9 Å². The maximum atomic E-state index is 6.22. The second-order valence-corrected chi connectivity index (χ2v) is 5.91. The van der Waals surface area contributed by atoms with Crippen LogP contribution in [0, 0.1) is 0 Å². The fourth-order valence-electron chi connectivity index (χ4n) is 2.85. The normalized spacial score (nSPS) is 24.8. The summed E-state index contributed by atoms with van der Waals surface area (Å²) < 4.78 is 1.17. The van der Waals surface area contributed by atoms with Crippen LogP contribution in [0.4, 0.5) is 0 Å². The lowest BCUT2D eigenvalue weighted by atomic mass is 9.98. The number of nitrogens with zero attached hydrogens (tertiary/aromatic N) is 1. The molecule has 1 aromatic rings. The van der Waals surface area contributed by atoms with Crippen LogP contribution in [0.2, 0.25) is 0 Å².